The van der Waals surface area contributed by atoms with Gasteiger partial charge >= 0.3 is 357 Å². The minimum atomic E-state index is -1.85. The third-order valence-corrected chi connectivity index (χ3v) is 36.9. The number of aromatic nitrogens is 9. The van der Waals surface area contributed by atoms with Crippen LogP contribution in [0.15, 0.2) is 348 Å². The Balaban J connectivity index is 0.000000141. The average Bonchev–Trinajstić information content (AvgIpc) is 1.61. The maximum Gasteiger partial charge on any atom is 0.216 e. The maximum absolute atomic E-state index is 6.16. The summed E-state index contributed by atoms with van der Waals surface area (Å²) in [5, 5.41) is 6.13. The molecule has 0 bridgehead atoms. The number of aryl methyl sites for hydroxylation is 1. The van der Waals surface area contributed by atoms with Gasteiger partial charge in [-0.3, -0.25) is 0 Å². The van der Waals surface area contributed by atoms with Crippen LogP contribution in [0.5, 0.6) is 0 Å². The molecule has 21 aromatic rings. The molecule has 12 nitrogen and oxygen atoms in total. The van der Waals surface area contributed by atoms with Crippen molar-refractivity contribution in [1.82, 2.24) is 44.9 Å². The van der Waals surface area contributed by atoms with Gasteiger partial charge < -0.3 is 28.2 Å². The molecule has 18 heteroatoms. The van der Waals surface area contributed by atoms with E-state index in [4.69, 9.17) is 13.3 Å². The number of nitrogens with zero attached hydrogens (tertiary/aromatic N) is 9. The van der Waals surface area contributed by atoms with E-state index in [2.05, 4.69) is 311 Å². The minimum Gasteiger partial charge on any atom is -0.486 e. The molecule has 0 aliphatic heterocycles. The van der Waals surface area contributed by atoms with Crippen LogP contribution in [0.3, 0.4) is 0 Å². The second-order valence-corrected chi connectivity index (χ2v) is 70.2. The fourth-order valence-corrected chi connectivity index (χ4v) is 27.4. The molecular formula is C121H113Ge3Ir3N9O3-6. The summed E-state index contributed by atoms with van der Waals surface area (Å²) in [5.74, 6) is 23.9. The topological polar surface area (TPSA) is 155 Å². The Morgan fingerprint density at radius 1 is 0.259 bits per heavy atom. The molecule has 21 rings (SSSR count). The molecule has 0 spiro atoms. The van der Waals surface area contributed by atoms with Crippen molar-refractivity contribution in [2.75, 3.05) is 0 Å². The quantitative estimate of drug-likeness (QED) is 0.0668. The zero-order valence-electron chi connectivity index (χ0n) is 81.8. The molecule has 0 amide bonds. The summed E-state index contributed by atoms with van der Waals surface area (Å²) < 4.78 is 22.9. The minimum absolute atomic E-state index is 0. The number of furan rings is 3. The number of hydrogen-bond acceptors (Lipinski definition) is 12. The van der Waals surface area contributed by atoms with Gasteiger partial charge in [-0.25, -0.2) is 15.0 Å². The van der Waals surface area contributed by atoms with Crippen molar-refractivity contribution in [3.05, 3.63) is 399 Å². The number of fused-ring (bicyclic) bond motifs is 9. The molecule has 0 saturated carbocycles. The molecule has 0 N–H and O–H groups in total. The number of pyridine rings is 9. The van der Waals surface area contributed by atoms with Gasteiger partial charge in [-0.2, -0.15) is 0 Å². The molecule has 12 heterocycles. The molecule has 0 fully saturated rings. The van der Waals surface area contributed by atoms with E-state index in [1.165, 1.54) is 35.4 Å². The van der Waals surface area contributed by atoms with Gasteiger partial charge in [-0.1, -0.05) is 173 Å². The van der Waals surface area contributed by atoms with E-state index in [1.807, 2.05) is 207 Å². The molecule has 0 atom stereocenters. The Labute approximate surface area is 866 Å². The first-order valence-corrected chi connectivity index (χ1v) is 68.7. The van der Waals surface area contributed by atoms with Gasteiger partial charge in [0.05, 0.1) is 16.7 Å². The fraction of sp³-hybridized carbons (Fsp3) is 0.182. The summed E-state index contributed by atoms with van der Waals surface area (Å²) in [7, 11) is 0. The molecule has 3 radical (unpaired) electrons. The summed E-state index contributed by atoms with van der Waals surface area (Å²) in [5.41, 5.74) is 29.2. The molecule has 0 aliphatic rings. The first kappa shape index (κ1) is 105. The average molecular weight is 2540 g/mol. The Morgan fingerprint density at radius 2 is 0.626 bits per heavy atom. The van der Waals surface area contributed by atoms with E-state index in [0.717, 1.165) is 156 Å². The summed E-state index contributed by atoms with van der Waals surface area (Å²) in [6.07, 6.45) is 17.3. The second kappa shape index (κ2) is 47.1. The van der Waals surface area contributed by atoms with E-state index in [9.17, 15) is 0 Å². The Bertz CT molecular complexity index is 7430. The molecule has 0 aliphatic carbocycles. The van der Waals surface area contributed by atoms with Gasteiger partial charge in [0.25, 0.3) is 0 Å². The van der Waals surface area contributed by atoms with Crippen LogP contribution in [0.4, 0.5) is 0 Å². The van der Waals surface area contributed by atoms with Gasteiger partial charge in [-0.15, -0.1) is 54.6 Å². The number of rotatable bonds is 16. The van der Waals surface area contributed by atoms with Crippen LogP contribution in [-0.2, 0) is 60.3 Å². The molecule has 705 valence electrons. The standard InChI is InChI=1S/C25H19N2O.C23H15N2O.C22H13N2O.3C17H22GeN.3Ir/c1-16(2)18-11-12-26-23(14-18)21-10-6-9-20-22-13-19(17-7-4-3-5-8-17)15-27-25(22)28-24(20)21;1-15-10-12-24-20(14-15)18-8-5-9-19-21-17(16-6-3-2-4-7-16)11-13-25-23(21)26-22(18)19;1-2-7-15(8-3-1)16-13-19-17-9-6-10-18(20-11-4-5-12-23-20)21(17)25-22(19)24-14-16;3*1-13(2)15-11-17(14-9-7-6-8-10-14)19-12-16(15)18(3,4)5;;;/h3-9,11-16H,1-2H3;2-7,9-14H,1H3;1-9,11-14H;3*6-9,11-13H,1-5H3;;;/q6*-1;;;. The summed E-state index contributed by atoms with van der Waals surface area (Å²) in [4.78, 5) is 41.1. The van der Waals surface area contributed by atoms with Crippen LogP contribution in [0.1, 0.15) is 107 Å². The van der Waals surface area contributed by atoms with Crippen molar-refractivity contribution >= 4 is 119 Å². The van der Waals surface area contributed by atoms with E-state index in [-0.39, 0.29) is 60.3 Å². The fourth-order valence-electron chi connectivity index (χ4n) is 16.9. The number of hydrogen-bond donors (Lipinski definition) is 0. The van der Waals surface area contributed by atoms with E-state index < -0.39 is 39.8 Å². The van der Waals surface area contributed by atoms with Gasteiger partial charge in [0, 0.05) is 125 Å². The molecular weight excluding hydrogens is 2420 g/mol. The SMILES string of the molecule is CC(C)c1cc(-c2[c-]cccc2)nc[c]1[Ge]([CH3])([CH3])[CH3].CC(C)c1cc(-c2[c-]cccc2)nc[c]1[Ge]([CH3])([CH3])[CH3].CC(C)c1cc(-c2[c-]cccc2)nc[c]1[Ge]([CH3])([CH3])[CH3].CC(C)c1ccnc(-c2[c-]ccc3c2oc2ncc(-c4ccccc4)cc23)c1.Cc1ccnc(-c2[c-]ccc3c2oc2nccc(-c4ccccc4)c23)c1.[Ir].[Ir].[Ir].[c-]1ccc2c(oc3ncc(-c4ccccc4)cc32)c1-c1ccccn1. The van der Waals surface area contributed by atoms with Gasteiger partial charge in [-0.05, 0) is 88.6 Å². The first-order valence-electron chi connectivity index (χ1n) is 46.7. The van der Waals surface area contributed by atoms with Crippen LogP contribution in [0.25, 0.3) is 167 Å². The summed E-state index contributed by atoms with van der Waals surface area (Å²) in [6.45, 7) is 20.0. The zero-order chi connectivity index (χ0) is 95.4. The summed E-state index contributed by atoms with van der Waals surface area (Å²) >= 11 is -5.55. The predicted octanol–water partition coefficient (Wildman–Crippen LogP) is 30.6. The molecule has 0 unspecified atom stereocenters. The molecule has 12 aromatic heterocycles. The predicted molar refractivity (Wildman–Crippen MR) is 573 cm³/mol. The van der Waals surface area contributed by atoms with Crippen LogP contribution in [0.2, 0.25) is 51.8 Å². The van der Waals surface area contributed by atoms with Crippen LogP contribution < -0.4 is 13.2 Å². The van der Waals surface area contributed by atoms with Gasteiger partial charge in [0.1, 0.15) is 0 Å². The second-order valence-electron chi connectivity index (χ2n) is 38.5. The van der Waals surface area contributed by atoms with Crippen molar-refractivity contribution in [1.29, 1.82) is 0 Å². The number of benzene rings is 9. The molecule has 9 aromatic carbocycles. The van der Waals surface area contributed by atoms with E-state index in [1.54, 1.807) is 12.4 Å². The van der Waals surface area contributed by atoms with Crippen LogP contribution in [0, 0.1) is 43.3 Å². The van der Waals surface area contributed by atoms with Crippen LogP contribution in [-0.4, -0.2) is 84.7 Å². The van der Waals surface area contributed by atoms with Crippen molar-refractivity contribution < 1.29 is 73.6 Å². The Morgan fingerprint density at radius 3 is 1.01 bits per heavy atom. The third kappa shape index (κ3) is 25.0. The zero-order valence-corrected chi connectivity index (χ0v) is 95.3. The van der Waals surface area contributed by atoms with E-state index in [0.29, 0.717) is 40.8 Å². The summed E-state index contributed by atoms with van der Waals surface area (Å²) in [6, 6.07) is 114. The Hall–Kier alpha value is -11.7. The first-order chi connectivity index (χ1) is 65.6. The van der Waals surface area contributed by atoms with Crippen molar-refractivity contribution in [2.45, 2.75) is 138 Å². The largest absolute Gasteiger partial charge is 0.486 e. The van der Waals surface area contributed by atoms with Crippen molar-refractivity contribution in [3.8, 4) is 101 Å². The van der Waals surface area contributed by atoms with Gasteiger partial charge in [0.15, 0.2) is 0 Å². The molecule has 139 heavy (non-hydrogen) atoms. The maximum atomic E-state index is 6.16. The van der Waals surface area contributed by atoms with Gasteiger partial charge in [0.2, 0.25) is 17.1 Å². The van der Waals surface area contributed by atoms with Crippen molar-refractivity contribution in [3.63, 3.8) is 0 Å². The normalized spacial score (nSPS) is 11.3. The monoisotopic (exact) mass is 2540 g/mol. The van der Waals surface area contributed by atoms with E-state index >= 15 is 0 Å². The third-order valence-electron chi connectivity index (χ3n) is 24.1. The molecule has 0 saturated heterocycles. The Kier molecular flexibility index (Phi) is 35.4. The van der Waals surface area contributed by atoms with Crippen molar-refractivity contribution in [2.24, 2.45) is 0 Å². The smallest absolute Gasteiger partial charge is 0.216 e. The van der Waals surface area contributed by atoms with Crippen LogP contribution >= 0.6 is 0 Å².